The number of aliphatic hydroxyl groups excluding tert-OH is 1. The SMILES string of the molecule is O[C@@H]1CCCN(c2ccc(Nc3ncnc(Cl)n3)cc2)C1. The van der Waals surface area contributed by atoms with Gasteiger partial charge in [0.15, 0.2) is 0 Å². The maximum Gasteiger partial charge on any atom is 0.231 e. The Kier molecular flexibility index (Phi) is 4.17. The molecule has 0 bridgehead atoms. The summed E-state index contributed by atoms with van der Waals surface area (Å²) >= 11 is 5.72. The summed E-state index contributed by atoms with van der Waals surface area (Å²) in [5.74, 6) is 0.413. The highest BCUT2D eigenvalue weighted by Crippen LogP contribution is 2.23. The van der Waals surface area contributed by atoms with E-state index in [0.29, 0.717) is 12.5 Å². The average Bonchev–Trinajstić information content (AvgIpc) is 2.48. The summed E-state index contributed by atoms with van der Waals surface area (Å²) in [7, 11) is 0. The smallest absolute Gasteiger partial charge is 0.231 e. The molecule has 0 unspecified atom stereocenters. The molecule has 110 valence electrons. The summed E-state index contributed by atoms with van der Waals surface area (Å²) < 4.78 is 0. The number of benzene rings is 1. The zero-order chi connectivity index (χ0) is 14.7. The molecule has 0 amide bonds. The second-order valence-corrected chi connectivity index (χ2v) is 5.33. The first-order valence-electron chi connectivity index (χ1n) is 6.85. The third kappa shape index (κ3) is 3.59. The van der Waals surface area contributed by atoms with Crippen LogP contribution in [0.4, 0.5) is 17.3 Å². The van der Waals surface area contributed by atoms with Crippen molar-refractivity contribution in [3.05, 3.63) is 35.9 Å². The van der Waals surface area contributed by atoms with Gasteiger partial charge >= 0.3 is 0 Å². The monoisotopic (exact) mass is 305 g/mol. The fraction of sp³-hybridized carbons (Fsp3) is 0.357. The third-order valence-electron chi connectivity index (χ3n) is 3.43. The highest BCUT2D eigenvalue weighted by molar-refractivity contribution is 6.28. The van der Waals surface area contributed by atoms with Crippen molar-refractivity contribution < 1.29 is 5.11 Å². The molecule has 0 aliphatic carbocycles. The summed E-state index contributed by atoms with van der Waals surface area (Å²) in [6, 6.07) is 7.94. The quantitative estimate of drug-likeness (QED) is 0.906. The molecule has 3 rings (SSSR count). The van der Waals surface area contributed by atoms with Gasteiger partial charge in [0.2, 0.25) is 11.2 Å². The first-order valence-corrected chi connectivity index (χ1v) is 7.23. The van der Waals surface area contributed by atoms with E-state index in [1.807, 2.05) is 24.3 Å². The Balaban J connectivity index is 1.69. The molecule has 21 heavy (non-hydrogen) atoms. The van der Waals surface area contributed by atoms with Crippen LogP contribution in [0.2, 0.25) is 5.28 Å². The molecule has 1 fully saturated rings. The molecule has 0 saturated carbocycles. The van der Waals surface area contributed by atoms with Crippen LogP contribution < -0.4 is 10.2 Å². The van der Waals surface area contributed by atoms with Gasteiger partial charge in [-0.3, -0.25) is 0 Å². The molecule has 1 saturated heterocycles. The summed E-state index contributed by atoms with van der Waals surface area (Å²) in [5.41, 5.74) is 1.98. The van der Waals surface area contributed by atoms with Gasteiger partial charge in [0.1, 0.15) is 6.33 Å². The van der Waals surface area contributed by atoms with Gasteiger partial charge in [-0.05, 0) is 48.7 Å². The topological polar surface area (TPSA) is 74.2 Å². The Bertz CT molecular complexity index is 607. The average molecular weight is 306 g/mol. The highest BCUT2D eigenvalue weighted by Gasteiger charge is 2.17. The summed E-state index contributed by atoms with van der Waals surface area (Å²) in [5, 5.41) is 13.0. The lowest BCUT2D eigenvalue weighted by molar-refractivity contribution is 0.154. The zero-order valence-corrected chi connectivity index (χ0v) is 12.2. The van der Waals surface area contributed by atoms with Crippen LogP contribution in [0.15, 0.2) is 30.6 Å². The molecular formula is C14H16ClN5O. The summed E-state index contributed by atoms with van der Waals surface area (Å²) in [6.07, 6.45) is 3.03. The molecule has 7 heteroatoms. The number of β-amino-alcohol motifs (C(OH)–C–C–N with tert-alkyl or cyclic N) is 1. The van der Waals surface area contributed by atoms with Crippen molar-refractivity contribution in [1.29, 1.82) is 0 Å². The van der Waals surface area contributed by atoms with Crippen LogP contribution in [0.5, 0.6) is 0 Å². The van der Waals surface area contributed by atoms with Crippen LogP contribution in [0.25, 0.3) is 0 Å². The van der Waals surface area contributed by atoms with E-state index in [4.69, 9.17) is 11.6 Å². The summed E-state index contributed by atoms with van der Waals surface area (Å²) in [6.45, 7) is 1.67. The Morgan fingerprint density at radius 1 is 1.24 bits per heavy atom. The van der Waals surface area contributed by atoms with E-state index in [9.17, 15) is 5.11 Å². The van der Waals surface area contributed by atoms with E-state index in [2.05, 4.69) is 25.2 Å². The molecular weight excluding hydrogens is 290 g/mol. The van der Waals surface area contributed by atoms with Gasteiger partial charge in [-0.1, -0.05) is 0 Å². The number of piperidine rings is 1. The maximum absolute atomic E-state index is 9.73. The number of nitrogens with zero attached hydrogens (tertiary/aromatic N) is 4. The fourth-order valence-corrected chi connectivity index (χ4v) is 2.53. The molecule has 6 nitrogen and oxygen atoms in total. The van der Waals surface area contributed by atoms with Crippen molar-refractivity contribution >= 4 is 28.9 Å². The number of aromatic nitrogens is 3. The largest absolute Gasteiger partial charge is 0.391 e. The lowest BCUT2D eigenvalue weighted by atomic mass is 10.1. The maximum atomic E-state index is 9.73. The van der Waals surface area contributed by atoms with Crippen LogP contribution in [0, 0.1) is 0 Å². The van der Waals surface area contributed by atoms with Crippen LogP contribution in [0.1, 0.15) is 12.8 Å². The second kappa shape index (κ2) is 6.24. The summed E-state index contributed by atoms with van der Waals surface area (Å²) in [4.78, 5) is 13.9. The Hall–Kier alpha value is -1.92. The van der Waals surface area contributed by atoms with Crippen molar-refractivity contribution in [1.82, 2.24) is 15.0 Å². The molecule has 1 aliphatic rings. The molecule has 0 radical (unpaired) electrons. The molecule has 2 N–H and O–H groups in total. The lowest BCUT2D eigenvalue weighted by Gasteiger charge is -2.32. The van der Waals surface area contributed by atoms with Gasteiger partial charge < -0.3 is 15.3 Å². The van der Waals surface area contributed by atoms with Gasteiger partial charge in [-0.25, -0.2) is 9.97 Å². The predicted octanol–water partition coefficient (Wildman–Crippen LogP) is 2.23. The predicted molar refractivity (Wildman–Crippen MR) is 82.0 cm³/mol. The fourth-order valence-electron chi connectivity index (χ4n) is 2.41. The van der Waals surface area contributed by atoms with E-state index in [0.717, 1.165) is 30.8 Å². The first-order chi connectivity index (χ1) is 10.2. The number of rotatable bonds is 3. The number of halogens is 1. The zero-order valence-electron chi connectivity index (χ0n) is 11.4. The van der Waals surface area contributed by atoms with E-state index in [1.165, 1.54) is 6.33 Å². The van der Waals surface area contributed by atoms with Crippen LogP contribution in [-0.2, 0) is 0 Å². The molecule has 2 heterocycles. The lowest BCUT2D eigenvalue weighted by Crippen LogP contribution is -2.38. The standard InChI is InChI=1S/C14H16ClN5O/c15-13-16-9-17-14(19-13)18-10-3-5-11(6-4-10)20-7-1-2-12(21)8-20/h3-6,9,12,21H,1-2,7-8H2,(H,16,17,18,19)/t12-/m1/s1. The number of nitrogens with one attached hydrogen (secondary N) is 1. The highest BCUT2D eigenvalue weighted by atomic mass is 35.5. The van der Waals surface area contributed by atoms with Gasteiger partial charge in [-0.15, -0.1) is 0 Å². The van der Waals surface area contributed by atoms with E-state index < -0.39 is 0 Å². The number of aliphatic hydroxyl groups is 1. The van der Waals surface area contributed by atoms with Crippen molar-refractivity contribution in [2.75, 3.05) is 23.3 Å². The van der Waals surface area contributed by atoms with Crippen LogP contribution >= 0.6 is 11.6 Å². The number of anilines is 3. The van der Waals surface area contributed by atoms with Crippen molar-refractivity contribution in [2.24, 2.45) is 0 Å². The van der Waals surface area contributed by atoms with Gasteiger partial charge in [0.25, 0.3) is 0 Å². The molecule has 0 spiro atoms. The minimum atomic E-state index is -0.232. The molecule has 1 aromatic heterocycles. The van der Waals surface area contributed by atoms with E-state index >= 15 is 0 Å². The van der Waals surface area contributed by atoms with Crippen molar-refractivity contribution in [2.45, 2.75) is 18.9 Å². The molecule has 2 aromatic rings. The Morgan fingerprint density at radius 2 is 2.05 bits per heavy atom. The normalized spacial score (nSPS) is 18.6. The van der Waals surface area contributed by atoms with E-state index in [-0.39, 0.29) is 11.4 Å². The number of hydrogen-bond donors (Lipinski definition) is 2. The van der Waals surface area contributed by atoms with Gasteiger partial charge in [-0.2, -0.15) is 4.98 Å². The molecule has 1 aromatic carbocycles. The van der Waals surface area contributed by atoms with Crippen LogP contribution in [-0.4, -0.2) is 39.3 Å². The van der Waals surface area contributed by atoms with E-state index in [1.54, 1.807) is 0 Å². The molecule has 1 aliphatic heterocycles. The minimum Gasteiger partial charge on any atom is -0.391 e. The van der Waals surface area contributed by atoms with Gasteiger partial charge in [0.05, 0.1) is 6.10 Å². The molecule has 1 atom stereocenters. The first kappa shape index (κ1) is 14.0. The Labute approximate surface area is 127 Å². The number of hydrogen-bond acceptors (Lipinski definition) is 6. The third-order valence-corrected chi connectivity index (χ3v) is 3.61. The van der Waals surface area contributed by atoms with Crippen LogP contribution in [0.3, 0.4) is 0 Å². The van der Waals surface area contributed by atoms with Gasteiger partial charge in [0, 0.05) is 24.5 Å². The van der Waals surface area contributed by atoms with Crippen molar-refractivity contribution in [3.63, 3.8) is 0 Å². The Morgan fingerprint density at radius 3 is 2.76 bits per heavy atom. The minimum absolute atomic E-state index is 0.159. The van der Waals surface area contributed by atoms with Crippen molar-refractivity contribution in [3.8, 4) is 0 Å². The second-order valence-electron chi connectivity index (χ2n) is 4.99.